The summed E-state index contributed by atoms with van der Waals surface area (Å²) in [4.78, 5) is 21.7. The van der Waals surface area contributed by atoms with Crippen molar-refractivity contribution in [2.75, 3.05) is 0 Å². The Balaban J connectivity index is 2.38. The number of carbonyl (C=O) groups excluding carboxylic acids is 1. The van der Waals surface area contributed by atoms with Crippen LogP contribution in [0.25, 0.3) is 6.08 Å². The van der Waals surface area contributed by atoms with Gasteiger partial charge in [0.05, 0.1) is 9.40 Å². The Hall–Kier alpha value is -1.80. The molecule has 1 aliphatic rings. The maximum absolute atomic E-state index is 11.4. The average Bonchev–Trinajstić information content (AvgIpc) is 2.60. The fourth-order valence-electron chi connectivity index (χ4n) is 1.41. The van der Waals surface area contributed by atoms with Gasteiger partial charge in [-0.1, -0.05) is 6.07 Å². The van der Waals surface area contributed by atoms with Crippen LogP contribution < -0.4 is 10.6 Å². The maximum Gasteiger partial charge on any atom is 0.284 e. The van der Waals surface area contributed by atoms with E-state index < -0.39 is 4.92 Å². The highest BCUT2D eigenvalue weighted by molar-refractivity contribution is 9.10. The predicted molar refractivity (Wildman–Crippen MR) is 72.6 cm³/mol. The Morgan fingerprint density at radius 2 is 2.11 bits per heavy atom. The Labute approximate surface area is 115 Å². The molecular formula is C10H6BrN3O3S. The average molecular weight is 328 g/mol. The van der Waals surface area contributed by atoms with Gasteiger partial charge in [0.1, 0.15) is 5.70 Å². The lowest BCUT2D eigenvalue weighted by atomic mass is 10.1. The van der Waals surface area contributed by atoms with Crippen LogP contribution in [0.3, 0.4) is 0 Å². The van der Waals surface area contributed by atoms with Gasteiger partial charge in [0.25, 0.3) is 11.6 Å². The fourth-order valence-corrected chi connectivity index (χ4v) is 2.00. The first-order chi connectivity index (χ1) is 8.47. The van der Waals surface area contributed by atoms with Gasteiger partial charge in [0.15, 0.2) is 5.11 Å². The normalized spacial score (nSPS) is 16.6. The zero-order chi connectivity index (χ0) is 13.3. The molecule has 8 heteroatoms. The van der Waals surface area contributed by atoms with Crippen LogP contribution in [0, 0.1) is 10.1 Å². The van der Waals surface area contributed by atoms with E-state index in [0.29, 0.717) is 10.0 Å². The number of rotatable bonds is 2. The topological polar surface area (TPSA) is 84.3 Å². The van der Waals surface area contributed by atoms with Crippen LogP contribution in [0.2, 0.25) is 0 Å². The largest absolute Gasteiger partial charge is 0.328 e. The molecule has 1 aromatic rings. The van der Waals surface area contributed by atoms with Gasteiger partial charge < -0.3 is 5.32 Å². The summed E-state index contributed by atoms with van der Waals surface area (Å²) in [6, 6.07) is 4.57. The monoisotopic (exact) mass is 327 g/mol. The molecule has 1 amide bonds. The summed E-state index contributed by atoms with van der Waals surface area (Å²) < 4.78 is 0.383. The van der Waals surface area contributed by atoms with Gasteiger partial charge in [0.2, 0.25) is 0 Å². The third-order valence-electron chi connectivity index (χ3n) is 2.20. The van der Waals surface area contributed by atoms with Crippen molar-refractivity contribution in [1.29, 1.82) is 0 Å². The Morgan fingerprint density at radius 1 is 1.39 bits per heavy atom. The standard InChI is InChI=1S/C10H6BrN3O3S/c11-6-2-1-5(4-8(6)14(16)17)3-7-9(15)13-10(18)12-7/h1-4H,(H2,12,13,15,18)/b7-3-. The molecule has 0 bridgehead atoms. The molecule has 18 heavy (non-hydrogen) atoms. The van der Waals surface area contributed by atoms with Crippen molar-refractivity contribution in [3.05, 3.63) is 44.0 Å². The molecule has 92 valence electrons. The van der Waals surface area contributed by atoms with E-state index in [1.165, 1.54) is 12.1 Å². The van der Waals surface area contributed by atoms with Crippen LogP contribution >= 0.6 is 28.1 Å². The summed E-state index contributed by atoms with van der Waals surface area (Å²) in [7, 11) is 0. The minimum Gasteiger partial charge on any atom is -0.328 e. The summed E-state index contributed by atoms with van der Waals surface area (Å²) in [5.41, 5.74) is 0.731. The Kier molecular flexibility index (Phi) is 3.39. The van der Waals surface area contributed by atoms with Gasteiger partial charge in [-0.3, -0.25) is 20.2 Å². The molecule has 1 aromatic carbocycles. The number of nitro benzene ring substituents is 1. The van der Waals surface area contributed by atoms with Crippen LogP contribution in [0.15, 0.2) is 28.4 Å². The molecule has 1 fully saturated rings. The summed E-state index contributed by atoms with van der Waals surface area (Å²) in [6.07, 6.45) is 1.49. The van der Waals surface area contributed by atoms with Crippen LogP contribution in [0.1, 0.15) is 5.56 Å². The summed E-state index contributed by atoms with van der Waals surface area (Å²) in [6.45, 7) is 0. The van der Waals surface area contributed by atoms with E-state index in [0.717, 1.165) is 0 Å². The highest BCUT2D eigenvalue weighted by Gasteiger charge is 2.20. The van der Waals surface area contributed by atoms with Gasteiger partial charge in [0, 0.05) is 6.07 Å². The third kappa shape index (κ3) is 2.54. The molecule has 6 nitrogen and oxygen atoms in total. The molecule has 1 heterocycles. The van der Waals surface area contributed by atoms with Crippen molar-refractivity contribution in [2.45, 2.75) is 0 Å². The first-order valence-electron chi connectivity index (χ1n) is 4.75. The SMILES string of the molecule is O=C1NC(=S)N/C1=C\c1ccc(Br)c([N+](=O)[O-])c1. The molecule has 0 saturated carbocycles. The predicted octanol–water partition coefficient (Wildman–Crippen LogP) is 1.70. The van der Waals surface area contributed by atoms with Gasteiger partial charge in [-0.05, 0) is 45.9 Å². The van der Waals surface area contributed by atoms with Gasteiger partial charge in [-0.2, -0.15) is 0 Å². The highest BCUT2D eigenvalue weighted by atomic mass is 79.9. The molecule has 1 aliphatic heterocycles. The van der Waals surface area contributed by atoms with Crippen molar-refractivity contribution < 1.29 is 9.72 Å². The lowest BCUT2D eigenvalue weighted by Crippen LogP contribution is -2.21. The quantitative estimate of drug-likeness (QED) is 0.374. The van der Waals surface area contributed by atoms with Crippen LogP contribution in [-0.4, -0.2) is 15.9 Å². The van der Waals surface area contributed by atoms with Crippen LogP contribution in [0.5, 0.6) is 0 Å². The van der Waals surface area contributed by atoms with Crippen molar-refractivity contribution in [1.82, 2.24) is 10.6 Å². The molecule has 0 atom stereocenters. The molecule has 0 unspecified atom stereocenters. The number of thiocarbonyl (C=S) groups is 1. The second-order valence-electron chi connectivity index (χ2n) is 3.43. The lowest BCUT2D eigenvalue weighted by Gasteiger charge is -1.99. The molecule has 0 aromatic heterocycles. The zero-order valence-corrected chi connectivity index (χ0v) is 11.2. The first kappa shape index (κ1) is 12.7. The molecule has 1 saturated heterocycles. The minimum atomic E-state index is -0.501. The molecule has 0 aliphatic carbocycles. The van der Waals surface area contributed by atoms with Crippen molar-refractivity contribution >= 4 is 50.9 Å². The van der Waals surface area contributed by atoms with E-state index in [-0.39, 0.29) is 22.4 Å². The molecule has 0 radical (unpaired) electrons. The number of nitro groups is 1. The summed E-state index contributed by atoms with van der Waals surface area (Å²) in [5.74, 6) is -0.356. The van der Waals surface area contributed by atoms with E-state index in [4.69, 9.17) is 12.2 Å². The van der Waals surface area contributed by atoms with Crippen LogP contribution in [0.4, 0.5) is 5.69 Å². The lowest BCUT2D eigenvalue weighted by molar-refractivity contribution is -0.385. The highest BCUT2D eigenvalue weighted by Crippen LogP contribution is 2.26. The number of hydrogen-bond donors (Lipinski definition) is 2. The molecular weight excluding hydrogens is 322 g/mol. The maximum atomic E-state index is 11.4. The second-order valence-corrected chi connectivity index (χ2v) is 4.70. The smallest absolute Gasteiger partial charge is 0.284 e. The zero-order valence-electron chi connectivity index (χ0n) is 8.77. The van der Waals surface area contributed by atoms with Crippen molar-refractivity contribution in [2.24, 2.45) is 0 Å². The van der Waals surface area contributed by atoms with Crippen molar-refractivity contribution in [3.63, 3.8) is 0 Å². The number of hydrogen-bond acceptors (Lipinski definition) is 4. The number of nitrogens with one attached hydrogen (secondary N) is 2. The van der Waals surface area contributed by atoms with Crippen LogP contribution in [-0.2, 0) is 4.79 Å². The number of benzene rings is 1. The molecule has 0 spiro atoms. The van der Waals surface area contributed by atoms with Gasteiger partial charge >= 0.3 is 0 Å². The van der Waals surface area contributed by atoms with E-state index >= 15 is 0 Å². The van der Waals surface area contributed by atoms with Gasteiger partial charge in [-0.15, -0.1) is 0 Å². The number of amides is 1. The summed E-state index contributed by atoms with van der Waals surface area (Å²) in [5, 5.41) is 16.1. The second kappa shape index (κ2) is 4.83. The van der Waals surface area contributed by atoms with Crippen molar-refractivity contribution in [3.8, 4) is 0 Å². The number of halogens is 1. The van der Waals surface area contributed by atoms with E-state index in [9.17, 15) is 14.9 Å². The summed E-state index contributed by atoms with van der Waals surface area (Å²) >= 11 is 7.86. The number of carbonyl (C=O) groups is 1. The van der Waals surface area contributed by atoms with Gasteiger partial charge in [-0.25, -0.2) is 0 Å². The Bertz CT molecular complexity index is 600. The third-order valence-corrected chi connectivity index (χ3v) is 3.07. The number of nitrogens with zero attached hydrogens (tertiary/aromatic N) is 1. The minimum absolute atomic E-state index is 0.0645. The van der Waals surface area contributed by atoms with E-state index in [1.54, 1.807) is 12.1 Å². The molecule has 2 rings (SSSR count). The van der Waals surface area contributed by atoms with E-state index in [1.807, 2.05) is 0 Å². The van der Waals surface area contributed by atoms with E-state index in [2.05, 4.69) is 26.6 Å². The fraction of sp³-hybridized carbons (Fsp3) is 0. The molecule has 2 N–H and O–H groups in total. The first-order valence-corrected chi connectivity index (χ1v) is 5.95. The Morgan fingerprint density at radius 3 is 2.67 bits per heavy atom.